The predicted octanol–water partition coefficient (Wildman–Crippen LogP) is 1.75. The molecule has 0 spiro atoms. The SMILES string of the molecule is Fc1cnccc1O[B]Oc1ccncc1F. The molecular formula is C10H6BF2N2O2. The lowest BCUT2D eigenvalue weighted by Gasteiger charge is -2.06. The smallest absolute Gasteiger partial charge is 0.524 e. The zero-order chi connectivity index (χ0) is 12.1. The lowest BCUT2D eigenvalue weighted by atomic mass is 10.3. The van der Waals surface area contributed by atoms with Gasteiger partial charge in [-0.05, 0) is 12.1 Å². The van der Waals surface area contributed by atoms with Crippen LogP contribution in [0.25, 0.3) is 0 Å². The van der Waals surface area contributed by atoms with Crippen molar-refractivity contribution in [3.05, 3.63) is 48.6 Å². The van der Waals surface area contributed by atoms with Gasteiger partial charge in [0.05, 0.1) is 12.4 Å². The fourth-order valence-corrected chi connectivity index (χ4v) is 1.04. The molecular weight excluding hydrogens is 229 g/mol. The minimum atomic E-state index is -0.637. The summed E-state index contributed by atoms with van der Waals surface area (Å²) in [6.45, 7) is 0. The minimum Gasteiger partial charge on any atom is -0.524 e. The van der Waals surface area contributed by atoms with Gasteiger partial charge in [0, 0.05) is 12.4 Å². The van der Waals surface area contributed by atoms with Crippen molar-refractivity contribution < 1.29 is 18.1 Å². The van der Waals surface area contributed by atoms with Crippen LogP contribution in [0.15, 0.2) is 36.9 Å². The molecule has 0 aliphatic heterocycles. The number of hydrogen-bond donors (Lipinski definition) is 0. The first-order chi connectivity index (χ1) is 8.27. The van der Waals surface area contributed by atoms with Gasteiger partial charge in [0.2, 0.25) is 0 Å². The van der Waals surface area contributed by atoms with E-state index in [1.165, 1.54) is 24.5 Å². The quantitative estimate of drug-likeness (QED) is 0.757. The van der Waals surface area contributed by atoms with E-state index in [1.807, 2.05) is 0 Å². The van der Waals surface area contributed by atoms with Crippen LogP contribution in [0.2, 0.25) is 0 Å². The molecule has 0 bridgehead atoms. The van der Waals surface area contributed by atoms with Crippen molar-refractivity contribution in [2.45, 2.75) is 0 Å². The number of aromatic nitrogens is 2. The van der Waals surface area contributed by atoms with Crippen molar-refractivity contribution in [3.8, 4) is 11.5 Å². The molecule has 0 unspecified atom stereocenters. The highest BCUT2D eigenvalue weighted by molar-refractivity contribution is 6.20. The fourth-order valence-electron chi connectivity index (χ4n) is 1.04. The van der Waals surface area contributed by atoms with Crippen LogP contribution in [0.1, 0.15) is 0 Å². The van der Waals surface area contributed by atoms with Gasteiger partial charge in [-0.2, -0.15) is 0 Å². The van der Waals surface area contributed by atoms with Gasteiger partial charge in [-0.1, -0.05) is 0 Å². The lowest BCUT2D eigenvalue weighted by molar-refractivity contribution is 0.419. The molecule has 0 saturated carbocycles. The molecule has 0 amide bonds. The summed E-state index contributed by atoms with van der Waals surface area (Å²) in [7, 11) is 0.830. The molecule has 2 aromatic rings. The van der Waals surface area contributed by atoms with Crippen LogP contribution < -0.4 is 9.31 Å². The van der Waals surface area contributed by atoms with Crippen molar-refractivity contribution in [3.63, 3.8) is 0 Å². The first-order valence-corrected chi connectivity index (χ1v) is 4.61. The summed E-state index contributed by atoms with van der Waals surface area (Å²) in [5.41, 5.74) is 0. The molecule has 2 rings (SSSR count). The third-order valence-corrected chi connectivity index (χ3v) is 1.82. The average molecular weight is 235 g/mol. The second kappa shape index (κ2) is 5.24. The molecule has 4 nitrogen and oxygen atoms in total. The van der Waals surface area contributed by atoms with E-state index in [4.69, 9.17) is 9.31 Å². The van der Waals surface area contributed by atoms with Crippen molar-refractivity contribution in [2.24, 2.45) is 0 Å². The molecule has 0 fully saturated rings. The Hall–Kier alpha value is -2.18. The van der Waals surface area contributed by atoms with Crippen LogP contribution in [0, 0.1) is 11.6 Å². The highest BCUT2D eigenvalue weighted by Crippen LogP contribution is 2.16. The average Bonchev–Trinajstić information content (AvgIpc) is 2.34. The number of pyridine rings is 2. The van der Waals surface area contributed by atoms with Gasteiger partial charge in [-0.25, -0.2) is 8.78 Å². The number of nitrogens with zero attached hydrogens (tertiary/aromatic N) is 2. The molecule has 0 N–H and O–H groups in total. The maximum Gasteiger partial charge on any atom is 0.658 e. The molecule has 0 aliphatic carbocycles. The van der Waals surface area contributed by atoms with Crippen LogP contribution in [0.5, 0.6) is 11.5 Å². The van der Waals surface area contributed by atoms with E-state index < -0.39 is 11.6 Å². The molecule has 7 heteroatoms. The first kappa shape index (κ1) is 11.3. The minimum absolute atomic E-state index is 0.0607. The Morgan fingerprint density at radius 1 is 0.882 bits per heavy atom. The number of rotatable bonds is 4. The van der Waals surface area contributed by atoms with Crippen LogP contribution in [-0.4, -0.2) is 17.7 Å². The lowest BCUT2D eigenvalue weighted by Crippen LogP contribution is -2.12. The van der Waals surface area contributed by atoms with Gasteiger partial charge in [0.15, 0.2) is 11.6 Å². The topological polar surface area (TPSA) is 44.2 Å². The van der Waals surface area contributed by atoms with E-state index in [1.54, 1.807) is 0 Å². The second-order valence-corrected chi connectivity index (χ2v) is 2.94. The highest BCUT2D eigenvalue weighted by Gasteiger charge is 2.08. The molecule has 1 radical (unpaired) electrons. The van der Waals surface area contributed by atoms with Crippen molar-refractivity contribution in [1.29, 1.82) is 0 Å². The maximum absolute atomic E-state index is 13.0. The Bertz CT molecular complexity index is 468. The standard InChI is InChI=1S/C10H6BF2N2O2/c12-7-5-14-3-1-9(7)16-11-17-10-2-4-15-6-8(10)13/h1-6H. The largest absolute Gasteiger partial charge is 0.658 e. The molecule has 0 saturated heterocycles. The van der Waals surface area contributed by atoms with E-state index >= 15 is 0 Å². The van der Waals surface area contributed by atoms with E-state index in [2.05, 4.69) is 9.97 Å². The predicted molar refractivity (Wildman–Crippen MR) is 55.4 cm³/mol. The summed E-state index contributed by atoms with van der Waals surface area (Å²) in [4.78, 5) is 7.09. The molecule has 17 heavy (non-hydrogen) atoms. The summed E-state index contributed by atoms with van der Waals surface area (Å²) < 4.78 is 35.8. The van der Waals surface area contributed by atoms with Gasteiger partial charge in [-0.3, -0.25) is 9.97 Å². The molecule has 0 atom stereocenters. The summed E-state index contributed by atoms with van der Waals surface area (Å²) in [6, 6.07) is 2.64. The fraction of sp³-hybridized carbons (Fsp3) is 0. The zero-order valence-electron chi connectivity index (χ0n) is 8.51. The van der Waals surface area contributed by atoms with Crippen molar-refractivity contribution >= 4 is 7.69 Å². The Labute approximate surface area is 96.5 Å². The Kier molecular flexibility index (Phi) is 3.49. The molecule has 2 heterocycles. The van der Waals surface area contributed by atoms with E-state index in [9.17, 15) is 8.78 Å². The Morgan fingerprint density at radius 3 is 1.76 bits per heavy atom. The highest BCUT2D eigenvalue weighted by atomic mass is 19.1. The van der Waals surface area contributed by atoms with Gasteiger partial charge in [0.1, 0.15) is 11.5 Å². The third-order valence-electron chi connectivity index (χ3n) is 1.82. The maximum atomic E-state index is 13.0. The third kappa shape index (κ3) is 2.90. The van der Waals surface area contributed by atoms with Gasteiger partial charge >= 0.3 is 7.69 Å². The first-order valence-electron chi connectivity index (χ1n) is 4.61. The summed E-state index contributed by atoms with van der Waals surface area (Å²) in [6.07, 6.45) is 4.71. The molecule has 2 aromatic heterocycles. The Balaban J connectivity index is 1.93. The molecule has 0 aromatic carbocycles. The Morgan fingerprint density at radius 2 is 1.35 bits per heavy atom. The normalized spacial score (nSPS) is 9.76. The van der Waals surface area contributed by atoms with Gasteiger partial charge < -0.3 is 9.31 Å². The number of hydrogen-bond acceptors (Lipinski definition) is 4. The number of halogens is 2. The monoisotopic (exact) mass is 235 g/mol. The van der Waals surface area contributed by atoms with E-state index in [-0.39, 0.29) is 11.5 Å². The van der Waals surface area contributed by atoms with Gasteiger partial charge in [0.25, 0.3) is 0 Å². The summed E-state index contributed by atoms with van der Waals surface area (Å²) in [5, 5.41) is 0. The van der Waals surface area contributed by atoms with Crippen LogP contribution in [0.4, 0.5) is 8.78 Å². The van der Waals surface area contributed by atoms with Gasteiger partial charge in [-0.15, -0.1) is 0 Å². The molecule has 0 aliphatic rings. The van der Waals surface area contributed by atoms with Crippen molar-refractivity contribution in [2.75, 3.05) is 0 Å². The van der Waals surface area contributed by atoms with Crippen LogP contribution in [0.3, 0.4) is 0 Å². The molecule has 85 valence electrons. The van der Waals surface area contributed by atoms with E-state index in [0.717, 1.165) is 20.1 Å². The summed E-state index contributed by atoms with van der Waals surface area (Å²) >= 11 is 0. The zero-order valence-corrected chi connectivity index (χ0v) is 8.51. The van der Waals surface area contributed by atoms with Crippen LogP contribution in [-0.2, 0) is 0 Å². The second-order valence-electron chi connectivity index (χ2n) is 2.94. The van der Waals surface area contributed by atoms with Crippen LogP contribution >= 0.6 is 0 Å². The summed E-state index contributed by atoms with van der Waals surface area (Å²) in [5.74, 6) is -1.39. The van der Waals surface area contributed by atoms with Crippen molar-refractivity contribution in [1.82, 2.24) is 9.97 Å². The van der Waals surface area contributed by atoms with E-state index in [0.29, 0.717) is 0 Å².